The topological polar surface area (TPSA) is 73.3 Å². The number of rotatable bonds is 7. The summed E-state index contributed by atoms with van der Waals surface area (Å²) in [7, 11) is 1.61. The predicted molar refractivity (Wildman–Crippen MR) is 108 cm³/mol. The number of amides is 1. The molecule has 0 aliphatic carbocycles. The first kappa shape index (κ1) is 19.4. The Morgan fingerprint density at radius 2 is 1.86 bits per heavy atom. The van der Waals surface area contributed by atoms with E-state index >= 15 is 0 Å². The molecule has 1 heterocycles. The second kappa shape index (κ2) is 8.99. The second-order valence-electron chi connectivity index (χ2n) is 6.36. The van der Waals surface area contributed by atoms with Crippen molar-refractivity contribution in [2.75, 3.05) is 7.11 Å². The number of carbonyl (C=O) groups is 1. The van der Waals surface area contributed by atoms with Crippen molar-refractivity contribution in [3.63, 3.8) is 0 Å². The van der Waals surface area contributed by atoms with E-state index in [-0.39, 0.29) is 11.9 Å². The van der Waals surface area contributed by atoms with E-state index in [0.29, 0.717) is 28.8 Å². The lowest BCUT2D eigenvalue weighted by Gasteiger charge is -2.11. The minimum Gasteiger partial charge on any atom is -0.497 e. The Bertz CT molecular complexity index is 942. The van der Waals surface area contributed by atoms with Gasteiger partial charge in [0.2, 0.25) is 5.88 Å². The molecular weight excluding hydrogens is 354 g/mol. The van der Waals surface area contributed by atoms with Crippen LogP contribution in [0.5, 0.6) is 17.4 Å². The number of hydrogen-bond acceptors (Lipinski definition) is 5. The fourth-order valence-electron chi connectivity index (χ4n) is 2.50. The molecule has 3 rings (SSSR count). The van der Waals surface area contributed by atoms with Crippen LogP contribution in [0.15, 0.2) is 60.8 Å². The molecular formula is C22H23N3O3. The third-order valence-electron chi connectivity index (χ3n) is 4.29. The molecule has 144 valence electrons. The van der Waals surface area contributed by atoms with Crippen LogP contribution in [0.4, 0.5) is 0 Å². The molecule has 1 N–H and O–H groups in total. The van der Waals surface area contributed by atoms with Crippen LogP contribution in [0.25, 0.3) is 11.4 Å². The lowest BCUT2D eigenvalue weighted by molar-refractivity contribution is 0.0939. The van der Waals surface area contributed by atoms with E-state index in [1.54, 1.807) is 37.6 Å². The average Bonchev–Trinajstić information content (AvgIpc) is 2.74. The zero-order valence-corrected chi connectivity index (χ0v) is 16.2. The van der Waals surface area contributed by atoms with Crippen molar-refractivity contribution in [2.45, 2.75) is 26.3 Å². The Kier molecular flexibility index (Phi) is 6.22. The van der Waals surface area contributed by atoms with E-state index in [9.17, 15) is 4.79 Å². The van der Waals surface area contributed by atoms with Crippen LogP contribution in [0, 0.1) is 0 Å². The van der Waals surface area contributed by atoms with E-state index in [2.05, 4.69) is 15.3 Å². The summed E-state index contributed by atoms with van der Waals surface area (Å²) in [4.78, 5) is 21.0. The Morgan fingerprint density at radius 3 is 2.57 bits per heavy atom. The first-order valence-corrected chi connectivity index (χ1v) is 9.15. The standard InChI is InChI=1S/C22H23N3O3/c1-4-15(2)24-22(26)17-10-8-16(9-11-17)21-23-13-12-20(25-21)28-19-7-5-6-18(14-19)27-3/h5-15H,4H2,1-3H3,(H,24,26). The minimum atomic E-state index is -0.0862. The summed E-state index contributed by atoms with van der Waals surface area (Å²) >= 11 is 0. The van der Waals surface area contributed by atoms with Gasteiger partial charge in [-0.25, -0.2) is 4.98 Å². The quantitative estimate of drug-likeness (QED) is 0.657. The van der Waals surface area contributed by atoms with Gasteiger partial charge < -0.3 is 14.8 Å². The third kappa shape index (κ3) is 4.85. The van der Waals surface area contributed by atoms with Crippen LogP contribution in [0.2, 0.25) is 0 Å². The summed E-state index contributed by atoms with van der Waals surface area (Å²) in [5.74, 6) is 2.20. The van der Waals surface area contributed by atoms with Crippen molar-refractivity contribution in [2.24, 2.45) is 0 Å². The van der Waals surface area contributed by atoms with Gasteiger partial charge in [-0.15, -0.1) is 0 Å². The Hall–Kier alpha value is -3.41. The number of hydrogen-bond donors (Lipinski definition) is 1. The molecule has 1 amide bonds. The molecule has 6 heteroatoms. The maximum Gasteiger partial charge on any atom is 0.251 e. The zero-order chi connectivity index (χ0) is 19.9. The smallest absolute Gasteiger partial charge is 0.251 e. The molecule has 0 bridgehead atoms. The molecule has 0 aliphatic heterocycles. The molecule has 0 saturated heterocycles. The molecule has 2 aromatic carbocycles. The summed E-state index contributed by atoms with van der Waals surface area (Å²) in [6, 6.07) is 16.3. The summed E-state index contributed by atoms with van der Waals surface area (Å²) in [5, 5.41) is 2.95. The van der Waals surface area contributed by atoms with Crippen LogP contribution < -0.4 is 14.8 Å². The van der Waals surface area contributed by atoms with Crippen molar-refractivity contribution in [1.29, 1.82) is 0 Å². The fourth-order valence-corrected chi connectivity index (χ4v) is 2.50. The van der Waals surface area contributed by atoms with Gasteiger partial charge in [-0.3, -0.25) is 4.79 Å². The van der Waals surface area contributed by atoms with Gasteiger partial charge in [-0.2, -0.15) is 4.98 Å². The van der Waals surface area contributed by atoms with E-state index in [0.717, 1.165) is 12.0 Å². The number of aromatic nitrogens is 2. The average molecular weight is 377 g/mol. The Labute approximate surface area is 164 Å². The first-order valence-electron chi connectivity index (χ1n) is 9.15. The molecule has 1 unspecified atom stereocenters. The van der Waals surface area contributed by atoms with E-state index in [1.165, 1.54) is 0 Å². The van der Waals surface area contributed by atoms with Crippen LogP contribution in [-0.4, -0.2) is 29.0 Å². The van der Waals surface area contributed by atoms with Gasteiger partial charge in [-0.05, 0) is 37.6 Å². The van der Waals surface area contributed by atoms with Gasteiger partial charge in [0.15, 0.2) is 5.82 Å². The summed E-state index contributed by atoms with van der Waals surface area (Å²) < 4.78 is 11.0. The Balaban J connectivity index is 1.75. The first-order chi connectivity index (χ1) is 13.6. The molecule has 0 saturated carbocycles. The number of benzene rings is 2. The molecule has 0 radical (unpaired) electrons. The van der Waals surface area contributed by atoms with E-state index in [4.69, 9.17) is 9.47 Å². The van der Waals surface area contributed by atoms with Crippen LogP contribution in [0.3, 0.4) is 0 Å². The lowest BCUT2D eigenvalue weighted by atomic mass is 10.1. The van der Waals surface area contributed by atoms with Crippen molar-refractivity contribution in [3.8, 4) is 28.8 Å². The molecule has 0 fully saturated rings. The van der Waals surface area contributed by atoms with E-state index < -0.39 is 0 Å². The maximum absolute atomic E-state index is 12.2. The van der Waals surface area contributed by atoms with Crippen molar-refractivity contribution >= 4 is 5.91 Å². The van der Waals surface area contributed by atoms with Crippen molar-refractivity contribution in [1.82, 2.24) is 15.3 Å². The molecule has 6 nitrogen and oxygen atoms in total. The maximum atomic E-state index is 12.2. The zero-order valence-electron chi connectivity index (χ0n) is 16.2. The number of methoxy groups -OCH3 is 1. The van der Waals surface area contributed by atoms with Crippen LogP contribution in [-0.2, 0) is 0 Å². The third-order valence-corrected chi connectivity index (χ3v) is 4.29. The number of nitrogens with zero attached hydrogens (tertiary/aromatic N) is 2. The van der Waals surface area contributed by atoms with Gasteiger partial charge in [-0.1, -0.05) is 25.1 Å². The number of nitrogens with one attached hydrogen (secondary N) is 1. The van der Waals surface area contributed by atoms with Gasteiger partial charge in [0.1, 0.15) is 11.5 Å². The van der Waals surface area contributed by atoms with Gasteiger partial charge in [0, 0.05) is 35.5 Å². The number of carbonyl (C=O) groups excluding carboxylic acids is 1. The fraction of sp³-hybridized carbons (Fsp3) is 0.227. The van der Waals surface area contributed by atoms with Crippen molar-refractivity contribution < 1.29 is 14.3 Å². The van der Waals surface area contributed by atoms with E-state index in [1.807, 2.05) is 44.2 Å². The van der Waals surface area contributed by atoms with Gasteiger partial charge in [0.25, 0.3) is 5.91 Å². The van der Waals surface area contributed by atoms with Gasteiger partial charge in [0.05, 0.1) is 7.11 Å². The normalized spacial score (nSPS) is 11.5. The van der Waals surface area contributed by atoms with Crippen LogP contribution in [0.1, 0.15) is 30.6 Å². The SMILES string of the molecule is CCC(C)NC(=O)c1ccc(-c2nccc(Oc3cccc(OC)c3)n2)cc1. The highest BCUT2D eigenvalue weighted by Gasteiger charge is 2.10. The molecule has 0 spiro atoms. The molecule has 3 aromatic rings. The summed E-state index contributed by atoms with van der Waals surface area (Å²) in [6.07, 6.45) is 2.53. The molecule has 1 aromatic heterocycles. The summed E-state index contributed by atoms with van der Waals surface area (Å²) in [5.41, 5.74) is 1.41. The minimum absolute atomic E-state index is 0.0862. The number of ether oxygens (including phenoxy) is 2. The highest BCUT2D eigenvalue weighted by molar-refractivity contribution is 5.94. The molecule has 1 atom stereocenters. The Morgan fingerprint density at radius 1 is 1.11 bits per heavy atom. The largest absolute Gasteiger partial charge is 0.497 e. The second-order valence-corrected chi connectivity index (χ2v) is 6.36. The monoisotopic (exact) mass is 377 g/mol. The predicted octanol–water partition coefficient (Wildman–Crippen LogP) is 4.47. The highest BCUT2D eigenvalue weighted by Crippen LogP contribution is 2.25. The summed E-state index contributed by atoms with van der Waals surface area (Å²) in [6.45, 7) is 4.01. The highest BCUT2D eigenvalue weighted by atomic mass is 16.5. The van der Waals surface area contributed by atoms with Gasteiger partial charge >= 0.3 is 0 Å². The lowest BCUT2D eigenvalue weighted by Crippen LogP contribution is -2.31. The molecule has 28 heavy (non-hydrogen) atoms. The van der Waals surface area contributed by atoms with Crippen molar-refractivity contribution in [3.05, 3.63) is 66.4 Å². The molecule has 0 aliphatic rings. The van der Waals surface area contributed by atoms with Crippen LogP contribution >= 0.6 is 0 Å².